The molecule has 17 heavy (non-hydrogen) atoms. The summed E-state index contributed by atoms with van der Waals surface area (Å²) < 4.78 is 0. The third-order valence-electron chi connectivity index (χ3n) is 3.86. The number of benzene rings is 1. The number of carbonyl (C=O) groups excluding carboxylic acids is 1. The lowest BCUT2D eigenvalue weighted by molar-refractivity contribution is -0.122. The number of hydrogen-bond acceptors (Lipinski definition) is 1. The fourth-order valence-electron chi connectivity index (χ4n) is 2.24. The maximum absolute atomic E-state index is 12.0. The predicted molar refractivity (Wildman–Crippen MR) is 71.1 cm³/mol. The predicted octanol–water partition coefficient (Wildman–Crippen LogP) is 3.97. The van der Waals surface area contributed by atoms with E-state index in [1.54, 1.807) is 0 Å². The monoisotopic (exact) mass is 230 g/mol. The Hall–Kier alpha value is -1.11. The smallest absolute Gasteiger partial charge is 0.140 e. The Kier molecular flexibility index (Phi) is 3.66. The molecule has 1 unspecified atom stereocenters. The van der Waals surface area contributed by atoms with Gasteiger partial charge in [-0.3, -0.25) is 4.79 Å². The average molecular weight is 230 g/mol. The van der Waals surface area contributed by atoms with Gasteiger partial charge in [-0.25, -0.2) is 0 Å². The van der Waals surface area contributed by atoms with Crippen molar-refractivity contribution in [1.82, 2.24) is 0 Å². The Balaban J connectivity index is 1.96. The van der Waals surface area contributed by atoms with Crippen molar-refractivity contribution in [2.45, 2.75) is 46.0 Å². The van der Waals surface area contributed by atoms with E-state index in [1.165, 1.54) is 18.4 Å². The van der Waals surface area contributed by atoms with Crippen molar-refractivity contribution >= 4 is 5.78 Å². The molecule has 1 aliphatic rings. The van der Waals surface area contributed by atoms with Gasteiger partial charge in [0.05, 0.1) is 0 Å². The van der Waals surface area contributed by atoms with Crippen molar-refractivity contribution in [2.24, 2.45) is 11.8 Å². The molecule has 0 amide bonds. The number of rotatable bonds is 5. The lowest BCUT2D eigenvalue weighted by Gasteiger charge is -2.10. The van der Waals surface area contributed by atoms with Gasteiger partial charge in [0.1, 0.15) is 5.78 Å². The number of ketones is 1. The molecule has 1 aromatic rings. The molecule has 0 aromatic heterocycles. The van der Waals surface area contributed by atoms with E-state index >= 15 is 0 Å². The van der Waals surface area contributed by atoms with Crippen LogP contribution in [0.15, 0.2) is 24.3 Å². The first-order valence-corrected chi connectivity index (χ1v) is 6.69. The Labute approximate surface area is 104 Å². The van der Waals surface area contributed by atoms with Crippen molar-refractivity contribution in [2.75, 3.05) is 0 Å². The number of hydrogen-bond donors (Lipinski definition) is 0. The van der Waals surface area contributed by atoms with Gasteiger partial charge in [0.15, 0.2) is 0 Å². The maximum Gasteiger partial charge on any atom is 0.140 e. The molecule has 1 nitrogen and oxygen atoms in total. The van der Waals surface area contributed by atoms with Gasteiger partial charge >= 0.3 is 0 Å². The summed E-state index contributed by atoms with van der Waals surface area (Å²) in [6.07, 6.45) is 3.11. The van der Waals surface area contributed by atoms with Crippen LogP contribution in [0.25, 0.3) is 0 Å². The molecular formula is C16H22O. The van der Waals surface area contributed by atoms with Crippen LogP contribution in [-0.2, 0) is 11.2 Å². The highest BCUT2D eigenvalue weighted by Gasteiger charge is 2.32. The van der Waals surface area contributed by atoms with E-state index in [-0.39, 0.29) is 5.92 Å². The van der Waals surface area contributed by atoms with Gasteiger partial charge < -0.3 is 0 Å². The molecule has 1 aliphatic carbocycles. The second-order valence-electron chi connectivity index (χ2n) is 5.67. The first-order valence-electron chi connectivity index (χ1n) is 6.69. The molecule has 1 saturated carbocycles. The van der Waals surface area contributed by atoms with Crippen molar-refractivity contribution in [3.63, 3.8) is 0 Å². The molecule has 0 aliphatic heterocycles. The van der Waals surface area contributed by atoms with Crippen LogP contribution in [-0.4, -0.2) is 5.78 Å². The van der Waals surface area contributed by atoms with E-state index < -0.39 is 0 Å². The van der Waals surface area contributed by atoms with Crippen LogP contribution in [0, 0.1) is 11.8 Å². The molecule has 1 fully saturated rings. The van der Waals surface area contributed by atoms with Gasteiger partial charge in [0.2, 0.25) is 0 Å². The standard InChI is InChI=1S/C16H22O/c1-11(2)14-6-4-13(5-7-14)10-16(17)12(3)15-8-9-15/h4-7,11-12,15H,8-10H2,1-3H3. The fraction of sp³-hybridized carbons (Fsp3) is 0.562. The molecule has 0 N–H and O–H groups in total. The van der Waals surface area contributed by atoms with Gasteiger partial charge in [-0.15, -0.1) is 0 Å². The minimum Gasteiger partial charge on any atom is -0.299 e. The summed E-state index contributed by atoms with van der Waals surface area (Å²) in [6, 6.07) is 8.50. The van der Waals surface area contributed by atoms with Crippen LogP contribution >= 0.6 is 0 Å². The summed E-state index contributed by atoms with van der Waals surface area (Å²) in [5.74, 6) is 1.91. The van der Waals surface area contributed by atoms with Crippen LogP contribution in [0.4, 0.5) is 0 Å². The number of Topliss-reactive ketones (excluding diaryl/α,β-unsaturated/α-hetero) is 1. The Morgan fingerprint density at radius 3 is 2.24 bits per heavy atom. The summed E-state index contributed by atoms with van der Waals surface area (Å²) in [5.41, 5.74) is 2.50. The first-order chi connectivity index (χ1) is 8.08. The first kappa shape index (κ1) is 12.3. The maximum atomic E-state index is 12.0. The van der Waals surface area contributed by atoms with Gasteiger partial charge in [0.25, 0.3) is 0 Å². The van der Waals surface area contributed by atoms with Crippen molar-refractivity contribution in [3.05, 3.63) is 35.4 Å². The van der Waals surface area contributed by atoms with E-state index in [2.05, 4.69) is 45.0 Å². The quantitative estimate of drug-likeness (QED) is 0.748. The lowest BCUT2D eigenvalue weighted by Crippen LogP contribution is -2.15. The van der Waals surface area contributed by atoms with Gasteiger partial charge in [-0.1, -0.05) is 45.0 Å². The van der Waals surface area contributed by atoms with Crippen molar-refractivity contribution < 1.29 is 4.79 Å². The van der Waals surface area contributed by atoms with E-state index in [1.807, 2.05) is 0 Å². The zero-order chi connectivity index (χ0) is 12.4. The number of carbonyl (C=O) groups is 1. The molecule has 2 rings (SSSR count). The van der Waals surface area contributed by atoms with Crippen LogP contribution in [0.5, 0.6) is 0 Å². The molecule has 0 saturated heterocycles. The topological polar surface area (TPSA) is 17.1 Å². The minimum atomic E-state index is 0.264. The highest BCUT2D eigenvalue weighted by Crippen LogP contribution is 2.37. The zero-order valence-electron chi connectivity index (χ0n) is 11.1. The second-order valence-corrected chi connectivity index (χ2v) is 5.67. The minimum absolute atomic E-state index is 0.264. The molecule has 0 bridgehead atoms. The van der Waals surface area contributed by atoms with Gasteiger partial charge in [-0.2, -0.15) is 0 Å². The van der Waals surface area contributed by atoms with E-state index in [0.717, 1.165) is 5.56 Å². The Morgan fingerprint density at radius 2 is 1.76 bits per heavy atom. The fourth-order valence-corrected chi connectivity index (χ4v) is 2.24. The Bertz CT molecular complexity index is 384. The highest BCUT2D eigenvalue weighted by atomic mass is 16.1. The highest BCUT2D eigenvalue weighted by molar-refractivity contribution is 5.83. The zero-order valence-corrected chi connectivity index (χ0v) is 11.1. The normalized spacial score (nSPS) is 17.2. The molecule has 1 heteroatoms. The molecule has 1 aromatic carbocycles. The molecule has 92 valence electrons. The Morgan fingerprint density at radius 1 is 1.18 bits per heavy atom. The molecule has 1 atom stereocenters. The van der Waals surface area contributed by atoms with Crippen molar-refractivity contribution in [3.8, 4) is 0 Å². The SMILES string of the molecule is CC(C)c1ccc(CC(=O)C(C)C2CC2)cc1. The van der Waals surface area contributed by atoms with Crippen molar-refractivity contribution in [1.29, 1.82) is 0 Å². The lowest BCUT2D eigenvalue weighted by atomic mass is 9.94. The van der Waals surface area contributed by atoms with E-state index in [4.69, 9.17) is 0 Å². The van der Waals surface area contributed by atoms with E-state index in [0.29, 0.717) is 24.0 Å². The molecule has 0 radical (unpaired) electrons. The van der Waals surface area contributed by atoms with Crippen LogP contribution < -0.4 is 0 Å². The summed E-state index contributed by atoms with van der Waals surface area (Å²) in [7, 11) is 0. The summed E-state index contributed by atoms with van der Waals surface area (Å²) in [6.45, 7) is 6.47. The second kappa shape index (κ2) is 5.03. The third-order valence-corrected chi connectivity index (χ3v) is 3.86. The summed E-state index contributed by atoms with van der Waals surface area (Å²) in [5, 5.41) is 0. The molecular weight excluding hydrogens is 208 g/mol. The summed E-state index contributed by atoms with van der Waals surface area (Å²) >= 11 is 0. The third kappa shape index (κ3) is 3.18. The largest absolute Gasteiger partial charge is 0.299 e. The molecule has 0 heterocycles. The van der Waals surface area contributed by atoms with E-state index in [9.17, 15) is 4.79 Å². The van der Waals surface area contributed by atoms with Crippen LogP contribution in [0.3, 0.4) is 0 Å². The van der Waals surface area contributed by atoms with Gasteiger partial charge in [-0.05, 0) is 35.8 Å². The van der Waals surface area contributed by atoms with Crippen LogP contribution in [0.2, 0.25) is 0 Å². The molecule has 0 spiro atoms. The van der Waals surface area contributed by atoms with Crippen LogP contribution in [0.1, 0.15) is 50.7 Å². The van der Waals surface area contributed by atoms with Gasteiger partial charge in [0, 0.05) is 12.3 Å². The average Bonchev–Trinajstić information content (AvgIpc) is 3.12. The summed E-state index contributed by atoms with van der Waals surface area (Å²) in [4.78, 5) is 12.0.